The summed E-state index contributed by atoms with van der Waals surface area (Å²) in [4.78, 5) is 22.0. The molecule has 1 saturated heterocycles. The predicted molar refractivity (Wildman–Crippen MR) is 99.6 cm³/mol. The first-order valence-corrected chi connectivity index (χ1v) is 8.69. The fourth-order valence-electron chi connectivity index (χ4n) is 3.32. The first kappa shape index (κ1) is 16.4. The molecule has 0 bridgehead atoms. The Morgan fingerprint density at radius 3 is 2.69 bits per heavy atom. The number of carbonyl (C=O) groups is 1. The van der Waals surface area contributed by atoms with Crippen molar-refractivity contribution < 1.29 is 9.18 Å². The highest BCUT2D eigenvalue weighted by Gasteiger charge is 2.21. The third-order valence-electron chi connectivity index (χ3n) is 4.75. The van der Waals surface area contributed by atoms with Gasteiger partial charge in [-0.25, -0.2) is 14.4 Å². The molecule has 0 saturated carbocycles. The van der Waals surface area contributed by atoms with Crippen LogP contribution < -0.4 is 10.2 Å². The molecule has 1 aliphatic rings. The van der Waals surface area contributed by atoms with E-state index in [4.69, 9.17) is 0 Å². The number of nitrogens with one attached hydrogen (secondary N) is 1. The number of amides is 1. The molecule has 0 radical (unpaired) electrons. The van der Waals surface area contributed by atoms with Gasteiger partial charge in [-0.1, -0.05) is 18.2 Å². The SMILES string of the molecule is CC(Nc1ncnc2c(F)cccc12)c1ccc(N2CCCC2=O)cc1. The van der Waals surface area contributed by atoms with Crippen molar-refractivity contribution in [2.24, 2.45) is 0 Å². The van der Waals surface area contributed by atoms with Crippen LogP contribution >= 0.6 is 0 Å². The molecule has 5 nitrogen and oxygen atoms in total. The maximum Gasteiger partial charge on any atom is 0.227 e. The van der Waals surface area contributed by atoms with E-state index in [1.54, 1.807) is 12.1 Å². The Morgan fingerprint density at radius 2 is 1.96 bits per heavy atom. The molecule has 0 spiro atoms. The van der Waals surface area contributed by atoms with Crippen LogP contribution in [0, 0.1) is 5.82 Å². The minimum Gasteiger partial charge on any atom is -0.363 e. The van der Waals surface area contributed by atoms with Gasteiger partial charge in [-0.2, -0.15) is 0 Å². The molecule has 1 amide bonds. The Balaban J connectivity index is 1.56. The Labute approximate surface area is 150 Å². The smallest absolute Gasteiger partial charge is 0.227 e. The summed E-state index contributed by atoms with van der Waals surface area (Å²) in [7, 11) is 0. The van der Waals surface area contributed by atoms with Crippen LogP contribution in [0.1, 0.15) is 31.4 Å². The summed E-state index contributed by atoms with van der Waals surface area (Å²) >= 11 is 0. The molecular weight excluding hydrogens is 331 g/mol. The summed E-state index contributed by atoms with van der Waals surface area (Å²) in [5.74, 6) is 0.416. The second-order valence-corrected chi connectivity index (χ2v) is 6.46. The van der Waals surface area contributed by atoms with Crippen molar-refractivity contribution in [1.82, 2.24) is 9.97 Å². The monoisotopic (exact) mass is 350 g/mol. The number of fused-ring (bicyclic) bond motifs is 1. The molecule has 1 aliphatic heterocycles. The van der Waals surface area contributed by atoms with E-state index >= 15 is 0 Å². The van der Waals surface area contributed by atoms with E-state index < -0.39 is 0 Å². The van der Waals surface area contributed by atoms with Gasteiger partial charge in [0.05, 0.1) is 0 Å². The quantitative estimate of drug-likeness (QED) is 0.771. The Morgan fingerprint density at radius 1 is 1.15 bits per heavy atom. The van der Waals surface area contributed by atoms with Crippen molar-refractivity contribution in [3.63, 3.8) is 0 Å². The van der Waals surface area contributed by atoms with Crippen molar-refractivity contribution in [2.45, 2.75) is 25.8 Å². The van der Waals surface area contributed by atoms with E-state index in [1.807, 2.05) is 36.1 Å². The number of aromatic nitrogens is 2. The standard InChI is InChI=1S/C20H19FN4O/c1-13(14-7-9-15(10-8-14)25-11-3-6-18(25)26)24-20-16-4-2-5-17(21)19(16)22-12-23-20/h2,4-5,7-10,12-13H,3,6,11H2,1H3,(H,22,23,24). The Kier molecular flexibility index (Phi) is 4.24. The van der Waals surface area contributed by atoms with Crippen molar-refractivity contribution >= 4 is 28.3 Å². The number of para-hydroxylation sites is 1. The van der Waals surface area contributed by atoms with Crippen molar-refractivity contribution in [3.05, 3.63) is 60.2 Å². The summed E-state index contributed by atoms with van der Waals surface area (Å²) in [6.07, 6.45) is 2.90. The zero-order valence-electron chi connectivity index (χ0n) is 14.4. The number of hydrogen-bond donors (Lipinski definition) is 1. The zero-order valence-corrected chi connectivity index (χ0v) is 14.4. The topological polar surface area (TPSA) is 58.1 Å². The van der Waals surface area contributed by atoms with Gasteiger partial charge in [0, 0.05) is 30.1 Å². The maximum atomic E-state index is 13.9. The van der Waals surface area contributed by atoms with E-state index in [0.717, 1.165) is 24.2 Å². The minimum atomic E-state index is -0.361. The fraction of sp³-hybridized carbons (Fsp3) is 0.250. The van der Waals surface area contributed by atoms with Gasteiger partial charge in [0.25, 0.3) is 0 Å². The number of rotatable bonds is 4. The van der Waals surface area contributed by atoms with E-state index in [-0.39, 0.29) is 17.8 Å². The van der Waals surface area contributed by atoms with E-state index in [2.05, 4.69) is 15.3 Å². The number of carbonyl (C=O) groups excluding carboxylic acids is 1. The number of anilines is 2. The van der Waals surface area contributed by atoms with E-state index in [0.29, 0.717) is 23.1 Å². The highest BCUT2D eigenvalue weighted by Crippen LogP contribution is 2.27. The number of hydrogen-bond acceptors (Lipinski definition) is 4. The highest BCUT2D eigenvalue weighted by molar-refractivity contribution is 5.95. The van der Waals surface area contributed by atoms with E-state index in [9.17, 15) is 9.18 Å². The second-order valence-electron chi connectivity index (χ2n) is 6.46. The molecule has 1 aromatic heterocycles. The van der Waals surface area contributed by atoms with Crippen LogP contribution in [-0.4, -0.2) is 22.4 Å². The number of benzene rings is 2. The van der Waals surface area contributed by atoms with Gasteiger partial charge in [0.1, 0.15) is 23.5 Å². The molecule has 1 fully saturated rings. The van der Waals surface area contributed by atoms with Crippen molar-refractivity contribution in [3.8, 4) is 0 Å². The molecule has 1 atom stereocenters. The summed E-state index contributed by atoms with van der Waals surface area (Å²) in [5.41, 5.74) is 2.29. The van der Waals surface area contributed by atoms with Crippen LogP contribution in [0.4, 0.5) is 15.9 Å². The molecule has 1 N–H and O–H groups in total. The lowest BCUT2D eigenvalue weighted by Gasteiger charge is -2.19. The molecule has 132 valence electrons. The van der Waals surface area contributed by atoms with Gasteiger partial charge in [-0.15, -0.1) is 0 Å². The van der Waals surface area contributed by atoms with Crippen LogP contribution in [0.15, 0.2) is 48.8 Å². The first-order valence-electron chi connectivity index (χ1n) is 8.69. The lowest BCUT2D eigenvalue weighted by atomic mass is 10.1. The van der Waals surface area contributed by atoms with Gasteiger partial charge in [-0.3, -0.25) is 4.79 Å². The second kappa shape index (κ2) is 6.71. The predicted octanol–water partition coefficient (Wildman–Crippen LogP) is 4.07. The highest BCUT2D eigenvalue weighted by atomic mass is 19.1. The largest absolute Gasteiger partial charge is 0.363 e. The molecule has 26 heavy (non-hydrogen) atoms. The first-order chi connectivity index (χ1) is 12.6. The van der Waals surface area contributed by atoms with Crippen LogP contribution in [0.5, 0.6) is 0 Å². The van der Waals surface area contributed by atoms with Crippen LogP contribution in [0.2, 0.25) is 0 Å². The van der Waals surface area contributed by atoms with Gasteiger partial charge >= 0.3 is 0 Å². The molecule has 2 heterocycles. The average Bonchev–Trinajstić information content (AvgIpc) is 3.09. The summed E-state index contributed by atoms with van der Waals surface area (Å²) < 4.78 is 13.9. The summed E-state index contributed by atoms with van der Waals surface area (Å²) in [6.45, 7) is 2.80. The van der Waals surface area contributed by atoms with Crippen LogP contribution in [-0.2, 0) is 4.79 Å². The average molecular weight is 350 g/mol. The maximum absolute atomic E-state index is 13.9. The molecule has 2 aromatic carbocycles. The zero-order chi connectivity index (χ0) is 18.1. The third kappa shape index (κ3) is 2.98. The lowest BCUT2D eigenvalue weighted by Crippen LogP contribution is -2.23. The van der Waals surface area contributed by atoms with Crippen molar-refractivity contribution in [2.75, 3.05) is 16.8 Å². The van der Waals surface area contributed by atoms with Gasteiger partial charge in [0.15, 0.2) is 0 Å². The normalized spacial score (nSPS) is 15.5. The molecule has 0 aliphatic carbocycles. The molecule has 6 heteroatoms. The minimum absolute atomic E-state index is 0.0281. The Bertz CT molecular complexity index is 958. The summed E-state index contributed by atoms with van der Waals surface area (Å²) in [5, 5.41) is 3.98. The number of halogens is 1. The van der Waals surface area contributed by atoms with Gasteiger partial charge in [0.2, 0.25) is 5.91 Å². The number of nitrogens with zero attached hydrogens (tertiary/aromatic N) is 3. The Hall–Kier alpha value is -3.02. The van der Waals surface area contributed by atoms with Crippen LogP contribution in [0.3, 0.4) is 0 Å². The molecule has 3 aromatic rings. The van der Waals surface area contributed by atoms with Gasteiger partial charge in [-0.05, 0) is 43.2 Å². The molecular formula is C20H19FN4O. The van der Waals surface area contributed by atoms with Crippen LogP contribution in [0.25, 0.3) is 10.9 Å². The summed E-state index contributed by atoms with van der Waals surface area (Å²) in [6, 6.07) is 12.8. The van der Waals surface area contributed by atoms with E-state index in [1.165, 1.54) is 12.4 Å². The van der Waals surface area contributed by atoms with Gasteiger partial charge < -0.3 is 10.2 Å². The fourth-order valence-corrected chi connectivity index (χ4v) is 3.32. The molecule has 1 unspecified atom stereocenters. The lowest BCUT2D eigenvalue weighted by molar-refractivity contribution is -0.117. The van der Waals surface area contributed by atoms with Crippen molar-refractivity contribution in [1.29, 1.82) is 0 Å². The molecule has 4 rings (SSSR count). The third-order valence-corrected chi connectivity index (χ3v) is 4.75.